The Morgan fingerprint density at radius 1 is 0.586 bits per heavy atom. The fourth-order valence-electron chi connectivity index (χ4n) is 10.1. The average Bonchev–Trinajstić information content (AvgIpc) is 3.95. The van der Waals surface area contributed by atoms with Gasteiger partial charge in [0.2, 0.25) is 0 Å². The first-order chi connectivity index (χ1) is 32.5. The molecule has 3 unspecified atom stereocenters. The molecule has 3 aliphatic heterocycles. The van der Waals surface area contributed by atoms with Crippen LogP contribution in [0.2, 0.25) is 0 Å². The predicted molar refractivity (Wildman–Crippen MR) is 236 cm³/mol. The van der Waals surface area contributed by atoms with E-state index >= 15 is 0 Å². The summed E-state index contributed by atoms with van der Waals surface area (Å²) in [6.45, 7) is 11.4. The third kappa shape index (κ3) is 9.07. The molecule has 8 bridgehead atoms. The number of alkyl halides is 12. The van der Waals surface area contributed by atoms with Gasteiger partial charge in [-0.25, -0.2) is 0 Å². The number of carbonyl (C=O) groups excluding carboxylic acids is 2. The average molecular weight is 991 g/mol. The lowest BCUT2D eigenvalue weighted by atomic mass is 9.86. The van der Waals surface area contributed by atoms with Gasteiger partial charge < -0.3 is 15.3 Å². The van der Waals surface area contributed by atoms with Gasteiger partial charge in [-0.05, 0) is 116 Å². The number of nitrogens with zero attached hydrogens (tertiary/aromatic N) is 3. The normalized spacial score (nSPS) is 19.3. The van der Waals surface area contributed by atoms with Crippen LogP contribution in [0.25, 0.3) is 22.1 Å². The standard InChI is InChI=1S/C50H46F12N6O2/c1-8-32-21(3)34-18-39-40(25(7)63-19-26-10-28(47(51,52)53)14-29(11-26)48(54,55)56)23(5)36(65-39)16-35-22(4)33(9-2)43(66-35)42-44-41(24(6)37(67-44)17-38(32)64-34)45(69)68(46(42)70)20-27-12-30(49(57,58)59)15-31(13-27)50(60,61)62/h10-18,21-22,25,32-33,63,65,67H,8-9,19-20H2,1-7H3/t21?,22-,25?,32?,33-/m0/s1. The fourth-order valence-corrected chi connectivity index (χ4v) is 10.1. The number of imide groups is 1. The molecule has 5 aromatic rings. The van der Waals surface area contributed by atoms with E-state index in [-0.39, 0.29) is 58.4 Å². The summed E-state index contributed by atoms with van der Waals surface area (Å²) in [5.41, 5.74) is -2.02. The first kappa shape index (κ1) is 50.2. The Bertz CT molecular complexity index is 3040. The van der Waals surface area contributed by atoms with Crippen LogP contribution in [-0.4, -0.2) is 36.7 Å². The van der Waals surface area contributed by atoms with E-state index in [0.29, 0.717) is 92.3 Å². The third-order valence-corrected chi connectivity index (χ3v) is 13.9. The van der Waals surface area contributed by atoms with E-state index in [4.69, 9.17) is 9.97 Å². The molecule has 372 valence electrons. The van der Waals surface area contributed by atoms with Crippen molar-refractivity contribution in [1.82, 2.24) is 30.2 Å². The van der Waals surface area contributed by atoms with Gasteiger partial charge in [-0.15, -0.1) is 0 Å². The van der Waals surface area contributed by atoms with E-state index in [2.05, 4.69) is 15.3 Å². The maximum Gasteiger partial charge on any atom is 0.416 e. The summed E-state index contributed by atoms with van der Waals surface area (Å²) in [5, 5.41) is 3.12. The Balaban J connectivity index is 1.35. The molecule has 0 radical (unpaired) electrons. The lowest BCUT2D eigenvalue weighted by Crippen LogP contribution is -2.40. The number of benzene rings is 2. The minimum absolute atomic E-state index is 0.0124. The van der Waals surface area contributed by atoms with Crippen molar-refractivity contribution in [2.75, 3.05) is 0 Å². The van der Waals surface area contributed by atoms with Crippen molar-refractivity contribution in [3.05, 3.63) is 139 Å². The molecule has 2 aromatic carbocycles. The quantitative estimate of drug-likeness (QED) is 0.106. The second-order valence-corrected chi connectivity index (χ2v) is 18.3. The minimum atomic E-state index is -5.19. The number of hydrogen-bond donors (Lipinski definition) is 3. The molecule has 5 atom stereocenters. The van der Waals surface area contributed by atoms with Gasteiger partial charge in [-0.3, -0.25) is 24.5 Å². The fraction of sp³-hybridized carbons (Fsp3) is 0.400. The maximum atomic E-state index is 14.9. The van der Waals surface area contributed by atoms with Crippen molar-refractivity contribution in [1.29, 1.82) is 0 Å². The largest absolute Gasteiger partial charge is 0.416 e. The molecular weight excluding hydrogens is 945 g/mol. The monoisotopic (exact) mass is 990 g/mol. The molecule has 0 saturated heterocycles. The number of amides is 2. The molecule has 0 spiro atoms. The number of H-pyrrole nitrogens is 2. The van der Waals surface area contributed by atoms with Gasteiger partial charge in [-0.1, -0.05) is 27.7 Å². The van der Waals surface area contributed by atoms with E-state index in [1.54, 1.807) is 32.9 Å². The molecular formula is C50H46F12N6O2. The summed E-state index contributed by atoms with van der Waals surface area (Å²) in [5.74, 6) is -3.26. The zero-order valence-electron chi connectivity index (χ0n) is 38.6. The number of nitrogens with one attached hydrogen (secondary N) is 3. The first-order valence-electron chi connectivity index (χ1n) is 22.5. The zero-order chi connectivity index (χ0) is 51.3. The number of rotatable bonds is 8. The molecule has 20 heteroatoms. The molecule has 8 rings (SSSR count). The summed E-state index contributed by atoms with van der Waals surface area (Å²) in [6, 6.07) is 6.96. The highest BCUT2D eigenvalue weighted by atomic mass is 19.4. The van der Waals surface area contributed by atoms with E-state index in [1.165, 1.54) is 0 Å². The molecule has 70 heavy (non-hydrogen) atoms. The number of halogens is 12. The van der Waals surface area contributed by atoms with E-state index < -0.39 is 88.8 Å². The van der Waals surface area contributed by atoms with Crippen LogP contribution in [0.15, 0.2) is 54.6 Å². The van der Waals surface area contributed by atoms with Crippen LogP contribution in [0.5, 0.6) is 0 Å². The summed E-state index contributed by atoms with van der Waals surface area (Å²) < 4.78 is 167. The second-order valence-electron chi connectivity index (χ2n) is 18.3. The Morgan fingerprint density at radius 3 is 1.57 bits per heavy atom. The second kappa shape index (κ2) is 17.6. The minimum Gasteiger partial charge on any atom is -0.355 e. The Labute approximate surface area is 392 Å². The van der Waals surface area contributed by atoms with E-state index in [1.807, 2.05) is 33.8 Å². The van der Waals surface area contributed by atoms with E-state index in [9.17, 15) is 62.3 Å². The molecule has 0 fully saturated rings. The molecule has 3 aromatic heterocycles. The Hall–Kier alpha value is -6.18. The summed E-state index contributed by atoms with van der Waals surface area (Å²) in [7, 11) is 0. The van der Waals surface area contributed by atoms with E-state index in [0.717, 1.165) is 0 Å². The van der Waals surface area contributed by atoms with Gasteiger partial charge in [-0.2, -0.15) is 52.7 Å². The summed E-state index contributed by atoms with van der Waals surface area (Å²) >= 11 is 0. The van der Waals surface area contributed by atoms with Crippen molar-refractivity contribution in [3.8, 4) is 0 Å². The number of hydrogen-bond acceptors (Lipinski definition) is 5. The van der Waals surface area contributed by atoms with Crippen molar-refractivity contribution in [2.24, 2.45) is 0 Å². The lowest BCUT2D eigenvalue weighted by Gasteiger charge is -2.27. The van der Waals surface area contributed by atoms with Crippen molar-refractivity contribution in [2.45, 2.75) is 129 Å². The van der Waals surface area contributed by atoms with Crippen LogP contribution in [-0.2, 0) is 37.8 Å². The van der Waals surface area contributed by atoms with Gasteiger partial charge in [0.15, 0.2) is 0 Å². The van der Waals surface area contributed by atoms with Crippen molar-refractivity contribution < 1.29 is 62.3 Å². The highest BCUT2D eigenvalue weighted by molar-refractivity contribution is 6.23. The summed E-state index contributed by atoms with van der Waals surface area (Å²) in [4.78, 5) is 46.8. The number of aromatic nitrogens is 4. The van der Waals surface area contributed by atoms with Crippen LogP contribution in [0, 0.1) is 13.8 Å². The number of carbonyl (C=O) groups is 2. The van der Waals surface area contributed by atoms with Crippen LogP contribution < -0.4 is 5.32 Å². The van der Waals surface area contributed by atoms with Gasteiger partial charge in [0.1, 0.15) is 0 Å². The molecule has 3 aliphatic rings. The summed E-state index contributed by atoms with van der Waals surface area (Å²) in [6.07, 6.45) is -19.5. The molecule has 0 aliphatic carbocycles. The lowest BCUT2D eigenvalue weighted by molar-refractivity contribution is -0.144. The zero-order valence-corrected chi connectivity index (χ0v) is 38.6. The molecule has 6 heterocycles. The number of fused-ring (bicyclic) bond motifs is 8. The van der Waals surface area contributed by atoms with Crippen molar-refractivity contribution >= 4 is 33.9 Å². The highest BCUT2D eigenvalue weighted by Gasteiger charge is 2.43. The van der Waals surface area contributed by atoms with Gasteiger partial charge in [0, 0.05) is 69.9 Å². The van der Waals surface area contributed by atoms with Crippen LogP contribution in [0.4, 0.5) is 52.7 Å². The SMILES string of the molecule is CCC1c2cc3[nH]c4c(c5nc(cc6[nH]c(cc(n2)C1C)c(C(C)NCc1cc(C(F)(F)F)cc(C(F)(F)F)c1)c6C)[C@@H](C)[C@@H]5CC)C(=O)N(Cc1cc(C(F)(F)F)cc(C(F)(F)F)c1)C(=O)c4c3C. The molecule has 0 saturated carbocycles. The third-order valence-electron chi connectivity index (χ3n) is 13.9. The van der Waals surface area contributed by atoms with Gasteiger partial charge in [0.05, 0.1) is 51.1 Å². The highest BCUT2D eigenvalue weighted by Crippen LogP contribution is 2.46. The van der Waals surface area contributed by atoms with Crippen LogP contribution in [0.3, 0.4) is 0 Å². The predicted octanol–water partition coefficient (Wildman–Crippen LogP) is 14.2. The topological polar surface area (TPSA) is 107 Å². The van der Waals surface area contributed by atoms with Gasteiger partial charge in [0.25, 0.3) is 11.8 Å². The number of aryl methyl sites for hydroxylation is 2. The smallest absolute Gasteiger partial charge is 0.355 e. The first-order valence-corrected chi connectivity index (χ1v) is 22.5. The maximum absolute atomic E-state index is 14.9. The van der Waals surface area contributed by atoms with Crippen LogP contribution >= 0.6 is 0 Å². The molecule has 3 N–H and O–H groups in total. The molecule has 2 amide bonds. The van der Waals surface area contributed by atoms with Gasteiger partial charge >= 0.3 is 24.7 Å². The Morgan fingerprint density at radius 2 is 1.04 bits per heavy atom. The number of aromatic amines is 2. The molecule has 8 nitrogen and oxygen atoms in total. The van der Waals surface area contributed by atoms with Crippen molar-refractivity contribution in [3.63, 3.8) is 0 Å². The Kier molecular flexibility index (Phi) is 12.6. The van der Waals surface area contributed by atoms with Crippen LogP contribution in [0.1, 0.15) is 171 Å².